The van der Waals surface area contributed by atoms with Crippen molar-refractivity contribution in [3.05, 3.63) is 104 Å². The molecule has 1 unspecified atom stereocenters. The molecule has 0 spiro atoms. The van der Waals surface area contributed by atoms with Crippen LogP contribution in [0.4, 0.5) is 10.2 Å². The van der Waals surface area contributed by atoms with Crippen LogP contribution in [-0.4, -0.2) is 10.9 Å². The number of hydrogen-bond acceptors (Lipinski definition) is 4. The van der Waals surface area contributed by atoms with Gasteiger partial charge in [0.2, 0.25) is 5.76 Å². The Kier molecular flexibility index (Phi) is 4.29. The van der Waals surface area contributed by atoms with E-state index in [0.29, 0.717) is 22.4 Å². The smallest absolute Gasteiger partial charge is 0.296 e. The Balaban J connectivity index is 1.83. The molecule has 4 aromatic rings. The lowest BCUT2D eigenvalue weighted by molar-refractivity contribution is 0.0970. The second kappa shape index (κ2) is 6.88. The van der Waals surface area contributed by atoms with E-state index in [4.69, 9.17) is 4.42 Å². The minimum Gasteiger partial charge on any atom is -0.450 e. The van der Waals surface area contributed by atoms with Crippen molar-refractivity contribution in [1.29, 1.82) is 0 Å². The van der Waals surface area contributed by atoms with Crippen LogP contribution >= 0.6 is 15.9 Å². The molecule has 1 aliphatic heterocycles. The number of aromatic nitrogens is 1. The summed E-state index contributed by atoms with van der Waals surface area (Å²) in [5.41, 5.74) is 1.56. The lowest BCUT2D eigenvalue weighted by atomic mass is 9.98. The number of aryl methyl sites for hydroxylation is 1. The molecule has 7 heteroatoms. The summed E-state index contributed by atoms with van der Waals surface area (Å²) in [6.45, 7) is 1.82. The van der Waals surface area contributed by atoms with Gasteiger partial charge in [0, 0.05) is 10.2 Å². The van der Waals surface area contributed by atoms with Gasteiger partial charge in [-0.3, -0.25) is 14.5 Å². The standard InChI is InChI=1S/C23H14BrFN2O3/c1-12-3-2-4-18(26-12)27-20(13-5-8-15(25)9-6-13)19-21(28)16-11-14(24)7-10-17(16)30-22(19)23(27)29/h2-11,20H,1H3. The van der Waals surface area contributed by atoms with Crippen molar-refractivity contribution in [3.63, 3.8) is 0 Å². The number of carbonyl (C=O) groups is 1. The van der Waals surface area contributed by atoms with E-state index in [9.17, 15) is 14.0 Å². The van der Waals surface area contributed by atoms with E-state index in [-0.39, 0.29) is 16.8 Å². The van der Waals surface area contributed by atoms with Crippen LogP contribution in [0.3, 0.4) is 0 Å². The summed E-state index contributed by atoms with van der Waals surface area (Å²) >= 11 is 3.37. The number of pyridine rings is 1. The van der Waals surface area contributed by atoms with Gasteiger partial charge in [0.05, 0.1) is 17.0 Å². The molecule has 1 aliphatic rings. The molecule has 5 nitrogen and oxygen atoms in total. The van der Waals surface area contributed by atoms with Gasteiger partial charge in [-0.2, -0.15) is 0 Å². The molecule has 1 amide bonds. The number of fused-ring (bicyclic) bond motifs is 2. The second-order valence-electron chi connectivity index (χ2n) is 7.08. The zero-order valence-electron chi connectivity index (χ0n) is 15.7. The van der Waals surface area contributed by atoms with Crippen LogP contribution in [0.15, 0.2) is 74.3 Å². The fourth-order valence-corrected chi connectivity index (χ4v) is 4.17. The van der Waals surface area contributed by atoms with Crippen LogP contribution < -0.4 is 10.3 Å². The average molecular weight is 465 g/mol. The molecule has 148 valence electrons. The normalized spacial score (nSPS) is 15.6. The zero-order chi connectivity index (χ0) is 21.0. The highest BCUT2D eigenvalue weighted by Crippen LogP contribution is 2.40. The summed E-state index contributed by atoms with van der Waals surface area (Å²) in [5, 5.41) is 0.363. The summed E-state index contributed by atoms with van der Waals surface area (Å²) in [7, 11) is 0. The van der Waals surface area contributed by atoms with Crippen molar-refractivity contribution in [2.75, 3.05) is 4.90 Å². The molecule has 0 saturated heterocycles. The highest BCUT2D eigenvalue weighted by molar-refractivity contribution is 9.10. The van der Waals surface area contributed by atoms with Crippen molar-refractivity contribution in [2.24, 2.45) is 0 Å². The van der Waals surface area contributed by atoms with Gasteiger partial charge in [-0.05, 0) is 55.0 Å². The van der Waals surface area contributed by atoms with E-state index in [1.807, 2.05) is 13.0 Å². The molecular formula is C23H14BrFN2O3. The quantitative estimate of drug-likeness (QED) is 0.411. The minimum atomic E-state index is -0.776. The number of rotatable bonds is 2. The van der Waals surface area contributed by atoms with E-state index in [0.717, 1.165) is 10.2 Å². The first-order valence-corrected chi connectivity index (χ1v) is 10.0. The van der Waals surface area contributed by atoms with E-state index < -0.39 is 17.8 Å². The van der Waals surface area contributed by atoms with Gasteiger partial charge in [0.15, 0.2) is 5.43 Å². The fourth-order valence-electron chi connectivity index (χ4n) is 3.80. The van der Waals surface area contributed by atoms with Gasteiger partial charge in [-0.1, -0.05) is 34.1 Å². The maximum atomic E-state index is 13.6. The number of anilines is 1. The molecule has 30 heavy (non-hydrogen) atoms. The van der Waals surface area contributed by atoms with Crippen LogP contribution in [0.25, 0.3) is 11.0 Å². The predicted octanol–water partition coefficient (Wildman–Crippen LogP) is 5.15. The third-order valence-corrected chi connectivity index (χ3v) is 5.63. The average Bonchev–Trinajstić information content (AvgIpc) is 3.02. The Morgan fingerprint density at radius 3 is 2.57 bits per heavy atom. The molecule has 5 rings (SSSR count). The first-order valence-electron chi connectivity index (χ1n) is 9.23. The third-order valence-electron chi connectivity index (χ3n) is 5.14. The SMILES string of the molecule is Cc1cccc(N2C(=O)c3oc4ccc(Br)cc4c(=O)c3C2c2ccc(F)cc2)n1. The summed E-state index contributed by atoms with van der Waals surface area (Å²) in [6.07, 6.45) is 0. The van der Waals surface area contributed by atoms with Crippen molar-refractivity contribution >= 4 is 38.6 Å². The Hall–Kier alpha value is -3.32. The Morgan fingerprint density at radius 1 is 1.07 bits per heavy atom. The largest absolute Gasteiger partial charge is 0.450 e. The number of nitrogens with zero attached hydrogens (tertiary/aromatic N) is 2. The Labute approximate surface area is 178 Å². The summed E-state index contributed by atoms with van der Waals surface area (Å²) in [5.74, 6) is -0.491. The van der Waals surface area contributed by atoms with E-state index in [2.05, 4.69) is 20.9 Å². The van der Waals surface area contributed by atoms with Crippen molar-refractivity contribution in [2.45, 2.75) is 13.0 Å². The topological polar surface area (TPSA) is 63.4 Å². The van der Waals surface area contributed by atoms with Crippen LogP contribution in [0.5, 0.6) is 0 Å². The van der Waals surface area contributed by atoms with E-state index in [1.165, 1.54) is 17.0 Å². The lowest BCUT2D eigenvalue weighted by Gasteiger charge is -2.24. The molecule has 0 radical (unpaired) electrons. The van der Waals surface area contributed by atoms with Crippen LogP contribution in [0.2, 0.25) is 0 Å². The highest BCUT2D eigenvalue weighted by atomic mass is 79.9. The zero-order valence-corrected chi connectivity index (χ0v) is 17.3. The number of carbonyl (C=O) groups excluding carboxylic acids is 1. The molecule has 2 aromatic carbocycles. The van der Waals surface area contributed by atoms with E-state index in [1.54, 1.807) is 42.5 Å². The Morgan fingerprint density at radius 2 is 1.83 bits per heavy atom. The Bertz CT molecular complexity index is 1380. The fraction of sp³-hybridized carbons (Fsp3) is 0.0870. The maximum absolute atomic E-state index is 13.6. The summed E-state index contributed by atoms with van der Waals surface area (Å²) in [6, 6.07) is 15.3. The summed E-state index contributed by atoms with van der Waals surface area (Å²) < 4.78 is 20.2. The number of amides is 1. The summed E-state index contributed by atoms with van der Waals surface area (Å²) in [4.78, 5) is 32.8. The number of benzene rings is 2. The first-order chi connectivity index (χ1) is 14.4. The molecule has 0 fully saturated rings. The van der Waals surface area contributed by atoms with Gasteiger partial charge < -0.3 is 4.42 Å². The molecule has 3 heterocycles. The monoisotopic (exact) mass is 464 g/mol. The second-order valence-corrected chi connectivity index (χ2v) is 8.00. The molecule has 0 bridgehead atoms. The number of hydrogen-bond donors (Lipinski definition) is 0. The third kappa shape index (κ3) is 2.85. The van der Waals surface area contributed by atoms with Gasteiger partial charge in [0.1, 0.15) is 17.2 Å². The molecular weight excluding hydrogens is 451 g/mol. The van der Waals surface area contributed by atoms with Crippen molar-refractivity contribution in [1.82, 2.24) is 4.98 Å². The molecule has 2 aromatic heterocycles. The van der Waals surface area contributed by atoms with Crippen molar-refractivity contribution < 1.29 is 13.6 Å². The minimum absolute atomic E-state index is 0.0209. The number of halogens is 2. The van der Waals surface area contributed by atoms with Crippen LogP contribution in [0.1, 0.15) is 33.4 Å². The van der Waals surface area contributed by atoms with Crippen LogP contribution in [0, 0.1) is 12.7 Å². The predicted molar refractivity (Wildman–Crippen MR) is 114 cm³/mol. The van der Waals surface area contributed by atoms with Gasteiger partial charge in [0.25, 0.3) is 5.91 Å². The van der Waals surface area contributed by atoms with Gasteiger partial charge in [-0.15, -0.1) is 0 Å². The molecule has 1 atom stereocenters. The first kappa shape index (κ1) is 18.7. The van der Waals surface area contributed by atoms with E-state index >= 15 is 0 Å². The maximum Gasteiger partial charge on any atom is 0.296 e. The molecule has 0 N–H and O–H groups in total. The molecule has 0 saturated carbocycles. The van der Waals surface area contributed by atoms with Crippen LogP contribution in [-0.2, 0) is 0 Å². The lowest BCUT2D eigenvalue weighted by Crippen LogP contribution is -2.30. The van der Waals surface area contributed by atoms with Gasteiger partial charge in [-0.25, -0.2) is 9.37 Å². The van der Waals surface area contributed by atoms with Crippen molar-refractivity contribution in [3.8, 4) is 0 Å². The highest BCUT2D eigenvalue weighted by Gasteiger charge is 2.44. The van der Waals surface area contributed by atoms with Gasteiger partial charge >= 0.3 is 0 Å². The molecule has 0 aliphatic carbocycles.